The normalized spacial score (nSPS) is 21.8. The van der Waals surface area contributed by atoms with Gasteiger partial charge in [-0.3, -0.25) is 14.9 Å². The lowest BCUT2D eigenvalue weighted by Gasteiger charge is -2.46. The van der Waals surface area contributed by atoms with Gasteiger partial charge in [-0.25, -0.2) is 9.36 Å². The Labute approximate surface area is 221 Å². The molecule has 0 saturated carbocycles. The lowest BCUT2D eigenvalue weighted by Crippen LogP contribution is -2.63. The monoisotopic (exact) mass is 543 g/mol. The molecule has 0 unspecified atom stereocenters. The number of hydrogen-bond donors (Lipinski definition) is 1. The van der Waals surface area contributed by atoms with E-state index in [1.165, 1.54) is 29.2 Å². The van der Waals surface area contributed by atoms with Crippen molar-refractivity contribution in [2.24, 2.45) is 18.9 Å². The van der Waals surface area contributed by atoms with Gasteiger partial charge in [-0.05, 0) is 30.9 Å². The van der Waals surface area contributed by atoms with E-state index in [0.29, 0.717) is 5.56 Å². The standard InChI is InChI=1S/C25H27N4O6S2/c1-12-18(17-10-27-14(3)26(4)23(36-5)24(27)37-17)21(28-20(12)19(13(2)30)22(28)31)25(32)35-11-15-6-8-16(9-7-15)29(33)34/h6-10,12-13,19-20,30H,11H2,1-5H3/q+1/t12-,13+,19+,20+/m0/s1. The Balaban J connectivity index is 1.53. The van der Waals surface area contributed by atoms with Gasteiger partial charge in [-0.15, -0.1) is 0 Å². The van der Waals surface area contributed by atoms with Gasteiger partial charge in [-0.1, -0.05) is 30.0 Å². The maximum atomic E-state index is 13.5. The van der Waals surface area contributed by atoms with Crippen LogP contribution in [0.3, 0.4) is 0 Å². The number of carbonyl (C=O) groups excluding carboxylic acids is 2. The van der Waals surface area contributed by atoms with Gasteiger partial charge in [0.05, 0.1) is 34.9 Å². The predicted octanol–water partition coefficient (Wildman–Crippen LogP) is 3.08. The first-order valence-electron chi connectivity index (χ1n) is 11.8. The number of imidazole rings is 1. The number of aryl methyl sites for hydroxylation is 1. The van der Waals surface area contributed by atoms with E-state index < -0.39 is 22.9 Å². The summed E-state index contributed by atoms with van der Waals surface area (Å²) in [6.07, 6.45) is 3.18. The number of rotatable bonds is 7. The number of non-ortho nitro benzene ring substituents is 1. The fourth-order valence-electron chi connectivity index (χ4n) is 5.36. The molecule has 194 valence electrons. The number of thioether (sulfide) groups is 1. The SMILES string of the molecule is CSc1c2sc(C3=C(C(=O)OCc4ccc([N+](=O)[O-])cc4)N4C(=O)[C@H]([C@@H](C)O)[C@H]4[C@H]3C)cn2c(C)[n+]1C. The van der Waals surface area contributed by atoms with Crippen LogP contribution in [0.1, 0.15) is 30.1 Å². The van der Waals surface area contributed by atoms with E-state index in [4.69, 9.17) is 4.74 Å². The highest BCUT2D eigenvalue weighted by molar-refractivity contribution is 7.98. The average Bonchev–Trinajstić information content (AvgIpc) is 3.45. The molecule has 0 spiro atoms. The van der Waals surface area contributed by atoms with E-state index in [1.54, 1.807) is 30.0 Å². The number of hydrogen-bond acceptors (Lipinski definition) is 8. The zero-order valence-electron chi connectivity index (χ0n) is 21.0. The van der Waals surface area contributed by atoms with E-state index in [0.717, 1.165) is 26.1 Å². The van der Waals surface area contributed by atoms with Crippen molar-refractivity contribution in [1.82, 2.24) is 9.30 Å². The highest BCUT2D eigenvalue weighted by atomic mass is 32.2. The highest BCUT2D eigenvalue weighted by Gasteiger charge is 2.60. The van der Waals surface area contributed by atoms with Crippen LogP contribution in [-0.4, -0.2) is 49.6 Å². The lowest BCUT2D eigenvalue weighted by molar-refractivity contribution is -0.711. The second kappa shape index (κ2) is 9.26. The van der Waals surface area contributed by atoms with Crippen molar-refractivity contribution < 1.29 is 28.9 Å². The van der Waals surface area contributed by atoms with Gasteiger partial charge in [0.2, 0.25) is 15.8 Å². The third-order valence-corrected chi connectivity index (χ3v) is 9.45. The minimum atomic E-state index is -0.837. The smallest absolute Gasteiger partial charge is 0.355 e. The van der Waals surface area contributed by atoms with Crippen molar-refractivity contribution in [3.63, 3.8) is 0 Å². The number of carbonyl (C=O) groups is 2. The molecule has 0 bridgehead atoms. The van der Waals surface area contributed by atoms with E-state index in [1.807, 2.05) is 33.3 Å². The van der Waals surface area contributed by atoms with Crippen LogP contribution in [0.4, 0.5) is 5.69 Å². The topological polar surface area (TPSA) is 118 Å². The van der Waals surface area contributed by atoms with E-state index in [2.05, 4.69) is 8.97 Å². The van der Waals surface area contributed by atoms with E-state index in [9.17, 15) is 24.8 Å². The number of fused-ring (bicyclic) bond motifs is 2. The molecular formula is C25H27N4O6S2+. The predicted molar refractivity (Wildman–Crippen MR) is 138 cm³/mol. The first kappa shape index (κ1) is 25.4. The molecule has 1 aromatic carbocycles. The molecule has 2 aliphatic rings. The van der Waals surface area contributed by atoms with Crippen molar-refractivity contribution in [3.05, 3.63) is 62.5 Å². The molecule has 12 heteroatoms. The Morgan fingerprint density at radius 3 is 2.62 bits per heavy atom. The van der Waals surface area contributed by atoms with Gasteiger partial charge < -0.3 is 14.7 Å². The molecule has 1 amide bonds. The van der Waals surface area contributed by atoms with Crippen LogP contribution in [0.5, 0.6) is 0 Å². The molecule has 10 nitrogen and oxygen atoms in total. The second-order valence-electron chi connectivity index (χ2n) is 9.40. The Morgan fingerprint density at radius 1 is 1.35 bits per heavy atom. The minimum absolute atomic E-state index is 0.0507. The van der Waals surface area contributed by atoms with Gasteiger partial charge in [0, 0.05) is 30.5 Å². The van der Waals surface area contributed by atoms with Crippen molar-refractivity contribution in [2.45, 2.75) is 44.5 Å². The van der Waals surface area contributed by atoms with Crippen LogP contribution in [-0.2, 0) is 28.0 Å². The van der Waals surface area contributed by atoms with Crippen molar-refractivity contribution in [1.29, 1.82) is 0 Å². The summed E-state index contributed by atoms with van der Waals surface area (Å²) in [7, 11) is 2.01. The number of amides is 1. The summed E-state index contributed by atoms with van der Waals surface area (Å²) in [5, 5.41) is 22.3. The third kappa shape index (κ3) is 3.85. The van der Waals surface area contributed by atoms with Crippen LogP contribution in [0.2, 0.25) is 0 Å². The molecule has 0 radical (unpaired) electrons. The number of aliphatic hydroxyl groups is 1. The number of thiazole rings is 1. The van der Waals surface area contributed by atoms with Gasteiger partial charge in [0.25, 0.3) is 11.5 Å². The summed E-state index contributed by atoms with van der Waals surface area (Å²) in [6, 6.07) is 5.45. The highest BCUT2D eigenvalue weighted by Crippen LogP contribution is 2.52. The molecule has 37 heavy (non-hydrogen) atoms. The van der Waals surface area contributed by atoms with Crippen molar-refractivity contribution in [3.8, 4) is 0 Å². The Hall–Kier alpha value is -3.22. The number of esters is 1. The van der Waals surface area contributed by atoms with Gasteiger partial charge in [0.1, 0.15) is 18.5 Å². The largest absolute Gasteiger partial charge is 0.456 e. The minimum Gasteiger partial charge on any atom is -0.456 e. The summed E-state index contributed by atoms with van der Waals surface area (Å²) < 4.78 is 9.83. The first-order chi connectivity index (χ1) is 17.6. The number of benzene rings is 1. The summed E-state index contributed by atoms with van der Waals surface area (Å²) >= 11 is 3.20. The molecule has 1 fully saturated rings. The molecule has 3 aromatic rings. The summed E-state index contributed by atoms with van der Waals surface area (Å²) in [6.45, 7) is 5.50. The average molecular weight is 544 g/mol. The van der Waals surface area contributed by atoms with Crippen LogP contribution in [0.25, 0.3) is 10.4 Å². The fourth-order valence-corrected chi connectivity index (χ4v) is 7.68. The zero-order valence-corrected chi connectivity index (χ0v) is 22.6. The maximum Gasteiger partial charge on any atom is 0.355 e. The maximum absolute atomic E-state index is 13.5. The summed E-state index contributed by atoms with van der Waals surface area (Å²) in [4.78, 5) is 40.4. The number of aromatic nitrogens is 2. The molecule has 2 aliphatic heterocycles. The molecular weight excluding hydrogens is 516 g/mol. The molecule has 1 saturated heterocycles. The number of nitro groups is 1. The molecule has 1 N–H and O–H groups in total. The van der Waals surface area contributed by atoms with Crippen LogP contribution in [0.15, 0.2) is 41.2 Å². The number of β-lactam (4-membered cyclic amide) rings is 1. The Kier molecular flexibility index (Phi) is 6.37. The number of nitrogens with zero attached hydrogens (tertiary/aromatic N) is 4. The molecule has 5 rings (SSSR count). The van der Waals surface area contributed by atoms with Gasteiger partial charge in [-0.2, -0.15) is 4.40 Å². The number of nitro benzene ring substituents is 1. The van der Waals surface area contributed by atoms with E-state index >= 15 is 0 Å². The van der Waals surface area contributed by atoms with Gasteiger partial charge >= 0.3 is 5.97 Å². The van der Waals surface area contributed by atoms with Crippen LogP contribution < -0.4 is 4.57 Å². The Bertz CT molecular complexity index is 1470. The number of ether oxygens (including phenoxy) is 1. The van der Waals surface area contributed by atoms with Crippen molar-refractivity contribution in [2.75, 3.05) is 6.26 Å². The Morgan fingerprint density at radius 2 is 2.03 bits per heavy atom. The van der Waals surface area contributed by atoms with Crippen LogP contribution in [0, 0.1) is 28.9 Å². The zero-order chi connectivity index (χ0) is 26.8. The van der Waals surface area contributed by atoms with Crippen molar-refractivity contribution >= 4 is 51.1 Å². The van der Waals surface area contributed by atoms with Crippen LogP contribution >= 0.6 is 23.1 Å². The second-order valence-corrected chi connectivity index (χ2v) is 11.2. The fraction of sp³-hybridized carbons (Fsp3) is 0.400. The number of aliphatic hydroxyl groups excluding tert-OH is 1. The molecule has 0 aliphatic carbocycles. The van der Waals surface area contributed by atoms with E-state index in [-0.39, 0.29) is 35.9 Å². The lowest BCUT2D eigenvalue weighted by atomic mass is 9.77. The third-order valence-electron chi connectivity index (χ3n) is 7.33. The summed E-state index contributed by atoms with van der Waals surface area (Å²) in [5.74, 6) is -0.659. The molecule has 4 heterocycles. The quantitative estimate of drug-likeness (QED) is 0.122. The first-order valence-corrected chi connectivity index (χ1v) is 13.8. The molecule has 4 atom stereocenters. The van der Waals surface area contributed by atoms with Gasteiger partial charge in [0.15, 0.2) is 0 Å². The molecule has 2 aromatic heterocycles. The summed E-state index contributed by atoms with van der Waals surface area (Å²) in [5.41, 5.74) is 1.49.